The number of carbonyl (C=O) groups is 1. The first kappa shape index (κ1) is 49.7. The standard InChI is InChI=1S/C23H24N2O2.C23H26N2.C15H17N/c1-25(2)20-13-11-19(12-14-20)24-22-16-18(10-15-21(22)23(26)27)9-8-17-6-4-3-5-7-17;1-18-9-10-20(12-11-19-7-5-4-6-8-19)17-23(18)24-21-13-15-22(16-14-21)25(2)3;1-12-7-8-14(11-15(12)16)10-9-13-5-3-2-4-6-13/h3-7,10-16,24H,8-9H2,1-2H3,(H,26,27);4-10,13-17,24H,11-12H2,1-3H3;2-8,11H,9-10,16H2,1H3. The van der Waals surface area contributed by atoms with Crippen LogP contribution in [0.15, 0.2) is 194 Å². The van der Waals surface area contributed by atoms with E-state index in [1.165, 1.54) is 44.8 Å². The van der Waals surface area contributed by atoms with E-state index in [0.717, 1.165) is 72.4 Å². The van der Waals surface area contributed by atoms with Gasteiger partial charge in [-0.1, -0.05) is 121 Å². The third kappa shape index (κ3) is 15.7. The molecule has 7 heteroatoms. The van der Waals surface area contributed by atoms with Gasteiger partial charge in [-0.3, -0.25) is 0 Å². The minimum atomic E-state index is -0.933. The van der Waals surface area contributed by atoms with Crippen LogP contribution in [0.4, 0.5) is 39.8 Å². The number of carboxylic acid groups (broad SMARTS) is 1. The Balaban J connectivity index is 0.000000173. The van der Waals surface area contributed by atoms with E-state index in [1.54, 1.807) is 6.07 Å². The number of hydrogen-bond donors (Lipinski definition) is 4. The molecule has 0 bridgehead atoms. The van der Waals surface area contributed by atoms with Crippen LogP contribution in [0.1, 0.15) is 54.9 Å². The topological polar surface area (TPSA) is 93.9 Å². The summed E-state index contributed by atoms with van der Waals surface area (Å²) < 4.78 is 0. The highest BCUT2D eigenvalue weighted by Crippen LogP contribution is 2.27. The summed E-state index contributed by atoms with van der Waals surface area (Å²) in [6, 6.07) is 66.5. The SMILES string of the molecule is CN(C)c1ccc(Nc2cc(CCc3ccccc3)ccc2C(=O)O)cc1.Cc1ccc(CCc2ccccc2)cc1N.Cc1ccc(CCc2ccccc2)cc1Nc1ccc(N(C)C)cc1. The van der Waals surface area contributed by atoms with Crippen LogP contribution in [0.2, 0.25) is 0 Å². The molecule has 348 valence electrons. The van der Waals surface area contributed by atoms with E-state index < -0.39 is 5.97 Å². The van der Waals surface area contributed by atoms with Crippen LogP contribution >= 0.6 is 0 Å². The Morgan fingerprint density at radius 2 is 0.779 bits per heavy atom. The van der Waals surface area contributed by atoms with Gasteiger partial charge in [-0.05, 0) is 170 Å². The van der Waals surface area contributed by atoms with Gasteiger partial charge in [0.2, 0.25) is 0 Å². The Morgan fingerprint density at radius 3 is 1.18 bits per heavy atom. The summed E-state index contributed by atoms with van der Waals surface area (Å²) in [4.78, 5) is 15.7. The van der Waals surface area contributed by atoms with Crippen molar-refractivity contribution in [3.8, 4) is 0 Å². The molecule has 0 heterocycles. The number of rotatable bonds is 16. The third-order valence-electron chi connectivity index (χ3n) is 11.9. The highest BCUT2D eigenvalue weighted by molar-refractivity contribution is 5.95. The van der Waals surface area contributed by atoms with Crippen LogP contribution in [0.25, 0.3) is 0 Å². The Kier molecular flexibility index (Phi) is 18.4. The molecule has 5 N–H and O–H groups in total. The van der Waals surface area contributed by atoms with Gasteiger partial charge in [-0.15, -0.1) is 0 Å². The molecule has 0 spiro atoms. The second-order valence-electron chi connectivity index (χ2n) is 17.6. The third-order valence-corrected chi connectivity index (χ3v) is 11.9. The number of carboxylic acids is 1. The molecule has 0 fully saturated rings. The smallest absolute Gasteiger partial charge is 0.337 e. The maximum atomic E-state index is 11.6. The van der Waals surface area contributed by atoms with E-state index in [0.29, 0.717) is 5.69 Å². The normalized spacial score (nSPS) is 10.4. The van der Waals surface area contributed by atoms with Gasteiger partial charge in [0.15, 0.2) is 0 Å². The summed E-state index contributed by atoms with van der Waals surface area (Å²) in [7, 11) is 8.09. The zero-order chi connectivity index (χ0) is 48.3. The van der Waals surface area contributed by atoms with Crippen LogP contribution < -0.4 is 26.2 Å². The number of anilines is 7. The molecular weight excluding hydrogens is 835 g/mol. The molecule has 7 nitrogen and oxygen atoms in total. The Morgan fingerprint density at radius 1 is 0.426 bits per heavy atom. The van der Waals surface area contributed by atoms with Crippen molar-refractivity contribution in [2.75, 3.05) is 54.4 Å². The zero-order valence-electron chi connectivity index (χ0n) is 40.5. The van der Waals surface area contributed by atoms with Crippen molar-refractivity contribution in [1.29, 1.82) is 0 Å². The highest BCUT2D eigenvalue weighted by Gasteiger charge is 2.12. The largest absolute Gasteiger partial charge is 0.478 e. The second-order valence-corrected chi connectivity index (χ2v) is 17.6. The van der Waals surface area contributed by atoms with Crippen molar-refractivity contribution in [2.45, 2.75) is 52.4 Å². The Hall–Kier alpha value is -7.77. The lowest BCUT2D eigenvalue weighted by Crippen LogP contribution is -2.08. The van der Waals surface area contributed by atoms with Crippen LogP contribution in [-0.2, 0) is 38.5 Å². The fraction of sp³-hybridized carbons (Fsp3) is 0.197. The Labute approximate surface area is 405 Å². The number of benzene rings is 8. The Bertz CT molecular complexity index is 2770. The average Bonchev–Trinajstić information content (AvgIpc) is 3.35. The molecule has 0 atom stereocenters. The first-order valence-electron chi connectivity index (χ1n) is 23.4. The number of hydrogen-bond acceptors (Lipinski definition) is 6. The summed E-state index contributed by atoms with van der Waals surface area (Å²) in [5.41, 5.74) is 23.4. The van der Waals surface area contributed by atoms with Gasteiger partial charge in [0.25, 0.3) is 0 Å². The first-order valence-corrected chi connectivity index (χ1v) is 23.4. The quantitative estimate of drug-likeness (QED) is 0.0718. The van der Waals surface area contributed by atoms with Gasteiger partial charge in [-0.25, -0.2) is 4.79 Å². The monoisotopic (exact) mass is 902 g/mol. The number of aryl methyl sites for hydroxylation is 8. The number of nitrogens with one attached hydrogen (secondary N) is 2. The van der Waals surface area contributed by atoms with Gasteiger partial charge in [0.1, 0.15) is 0 Å². The molecule has 68 heavy (non-hydrogen) atoms. The van der Waals surface area contributed by atoms with Gasteiger partial charge >= 0.3 is 5.97 Å². The van der Waals surface area contributed by atoms with Crippen molar-refractivity contribution in [1.82, 2.24) is 0 Å². The number of aromatic carboxylic acids is 1. The lowest BCUT2D eigenvalue weighted by Gasteiger charge is -2.15. The van der Waals surface area contributed by atoms with Crippen molar-refractivity contribution in [2.24, 2.45) is 0 Å². The van der Waals surface area contributed by atoms with Crippen LogP contribution in [0.5, 0.6) is 0 Å². The van der Waals surface area contributed by atoms with E-state index in [4.69, 9.17) is 5.73 Å². The maximum absolute atomic E-state index is 11.6. The first-order chi connectivity index (χ1) is 32.9. The predicted molar refractivity (Wildman–Crippen MR) is 290 cm³/mol. The molecule has 8 rings (SSSR count). The minimum Gasteiger partial charge on any atom is -0.478 e. The van der Waals surface area contributed by atoms with E-state index in [9.17, 15) is 9.90 Å². The molecule has 0 radical (unpaired) electrons. The molecule has 0 aliphatic rings. The molecule has 0 saturated carbocycles. The molecule has 0 aliphatic heterocycles. The molecule has 0 aliphatic carbocycles. The predicted octanol–water partition coefficient (Wildman–Crippen LogP) is 13.9. The molecular formula is C61H67N5O2. The average molecular weight is 902 g/mol. The molecule has 0 unspecified atom stereocenters. The van der Waals surface area contributed by atoms with E-state index >= 15 is 0 Å². The van der Waals surface area contributed by atoms with Crippen LogP contribution in [-0.4, -0.2) is 39.3 Å². The fourth-order valence-electron chi connectivity index (χ4n) is 7.64. The van der Waals surface area contributed by atoms with E-state index in [1.807, 2.05) is 86.6 Å². The molecule has 8 aromatic rings. The molecule has 0 aromatic heterocycles. The summed E-state index contributed by atoms with van der Waals surface area (Å²) in [5.74, 6) is -0.933. The van der Waals surface area contributed by atoms with Crippen molar-refractivity contribution >= 4 is 45.8 Å². The van der Waals surface area contributed by atoms with Gasteiger partial charge in [-0.2, -0.15) is 0 Å². The summed E-state index contributed by atoms with van der Waals surface area (Å²) >= 11 is 0. The molecule has 0 amide bonds. The van der Waals surface area contributed by atoms with Crippen molar-refractivity contribution < 1.29 is 9.90 Å². The number of nitrogens with two attached hydrogens (primary N) is 1. The molecule has 0 saturated heterocycles. The summed E-state index contributed by atoms with van der Waals surface area (Å²) in [6.45, 7) is 4.19. The van der Waals surface area contributed by atoms with Crippen LogP contribution in [0, 0.1) is 13.8 Å². The fourth-order valence-corrected chi connectivity index (χ4v) is 7.64. The van der Waals surface area contributed by atoms with Gasteiger partial charge < -0.3 is 31.3 Å². The van der Waals surface area contributed by atoms with Gasteiger partial charge in [0.05, 0.1) is 11.3 Å². The lowest BCUT2D eigenvalue weighted by atomic mass is 10.0. The minimum absolute atomic E-state index is 0.273. The van der Waals surface area contributed by atoms with E-state index in [-0.39, 0.29) is 5.56 Å². The summed E-state index contributed by atoms with van der Waals surface area (Å²) in [6.07, 6.45) is 6.03. The number of nitrogens with zero attached hydrogens (tertiary/aromatic N) is 2. The summed E-state index contributed by atoms with van der Waals surface area (Å²) in [5, 5.41) is 16.3. The number of nitrogen functional groups attached to an aromatic ring is 1. The highest BCUT2D eigenvalue weighted by atomic mass is 16.4. The van der Waals surface area contributed by atoms with Gasteiger partial charge in [0, 0.05) is 62.3 Å². The second kappa shape index (κ2) is 25.2. The zero-order valence-corrected chi connectivity index (χ0v) is 40.5. The van der Waals surface area contributed by atoms with Crippen molar-refractivity contribution in [3.63, 3.8) is 0 Å². The molecule has 8 aromatic carbocycles. The van der Waals surface area contributed by atoms with E-state index in [2.05, 4.69) is 164 Å². The lowest BCUT2D eigenvalue weighted by molar-refractivity contribution is 0.0698. The van der Waals surface area contributed by atoms with Crippen LogP contribution in [0.3, 0.4) is 0 Å². The maximum Gasteiger partial charge on any atom is 0.337 e. The van der Waals surface area contributed by atoms with Crippen molar-refractivity contribution in [3.05, 3.63) is 244 Å².